The van der Waals surface area contributed by atoms with E-state index in [0.29, 0.717) is 22.3 Å². The van der Waals surface area contributed by atoms with Gasteiger partial charge in [0, 0.05) is 18.3 Å². The van der Waals surface area contributed by atoms with Gasteiger partial charge in [0.1, 0.15) is 6.04 Å². The molecule has 0 saturated heterocycles. The lowest BCUT2D eigenvalue weighted by Crippen LogP contribution is -2.50. The van der Waals surface area contributed by atoms with E-state index in [1.807, 2.05) is 36.4 Å². The molecule has 0 spiro atoms. The monoisotopic (exact) mass is 478 g/mol. The molecule has 0 bridgehead atoms. The van der Waals surface area contributed by atoms with Gasteiger partial charge in [-0.25, -0.2) is 0 Å². The largest absolute Gasteiger partial charge is 0.352 e. The summed E-state index contributed by atoms with van der Waals surface area (Å²) in [4.78, 5) is 27.7. The van der Waals surface area contributed by atoms with Gasteiger partial charge < -0.3 is 10.2 Å². The zero-order valence-corrected chi connectivity index (χ0v) is 20.0. The molecule has 0 aliphatic heterocycles. The van der Waals surface area contributed by atoms with Gasteiger partial charge in [0.25, 0.3) is 0 Å². The molecule has 2 aromatic carbocycles. The van der Waals surface area contributed by atoms with E-state index in [9.17, 15) is 9.59 Å². The maximum atomic E-state index is 13.1. The van der Waals surface area contributed by atoms with Crippen LogP contribution in [0.3, 0.4) is 0 Å². The molecule has 0 radical (unpaired) electrons. The third-order valence-electron chi connectivity index (χ3n) is 5.54. The van der Waals surface area contributed by atoms with Crippen molar-refractivity contribution in [1.82, 2.24) is 10.2 Å². The van der Waals surface area contributed by atoms with Gasteiger partial charge in [-0.3, -0.25) is 9.59 Å². The van der Waals surface area contributed by atoms with Crippen molar-refractivity contribution in [3.05, 3.63) is 69.7 Å². The quantitative estimate of drug-likeness (QED) is 0.502. The smallest absolute Gasteiger partial charge is 0.242 e. The molecule has 0 aromatic heterocycles. The van der Waals surface area contributed by atoms with E-state index in [-0.39, 0.29) is 17.9 Å². The molecule has 166 valence electrons. The summed E-state index contributed by atoms with van der Waals surface area (Å²) in [6.45, 7) is 2.10. The van der Waals surface area contributed by atoms with Crippen LogP contribution in [0, 0.1) is 0 Å². The highest BCUT2D eigenvalue weighted by molar-refractivity contribution is 7.99. The number of amides is 2. The standard InChI is InChI=1S/C24H28Cl2N2O2S/c1-17(24(30)27-20-9-5-6-10-20)28(14-19-11-12-21(25)22(26)13-19)23(29)16-31-15-18-7-3-2-4-8-18/h2-4,7-8,11-13,17,20H,5-6,9-10,14-16H2,1H3,(H,27,30)/t17-/m0/s1. The van der Waals surface area contributed by atoms with Crippen molar-refractivity contribution in [3.8, 4) is 0 Å². The minimum absolute atomic E-state index is 0.0684. The number of nitrogens with one attached hydrogen (secondary N) is 1. The Bertz CT molecular complexity index is 888. The summed E-state index contributed by atoms with van der Waals surface area (Å²) in [7, 11) is 0. The maximum absolute atomic E-state index is 13.1. The first kappa shape index (κ1) is 24.0. The predicted octanol–water partition coefficient (Wildman–Crippen LogP) is 5.70. The van der Waals surface area contributed by atoms with Gasteiger partial charge in [0.2, 0.25) is 11.8 Å². The molecule has 0 heterocycles. The minimum atomic E-state index is -0.570. The zero-order valence-electron chi connectivity index (χ0n) is 17.7. The lowest BCUT2D eigenvalue weighted by atomic mass is 10.1. The van der Waals surface area contributed by atoms with Crippen LogP contribution in [0.15, 0.2) is 48.5 Å². The second-order valence-electron chi connectivity index (χ2n) is 7.91. The predicted molar refractivity (Wildman–Crippen MR) is 129 cm³/mol. The third kappa shape index (κ3) is 7.16. The number of halogens is 2. The fourth-order valence-electron chi connectivity index (χ4n) is 3.72. The second kappa shape index (κ2) is 11.8. The molecule has 1 N–H and O–H groups in total. The average Bonchev–Trinajstić information content (AvgIpc) is 3.27. The Morgan fingerprint density at radius 2 is 1.77 bits per heavy atom. The van der Waals surface area contributed by atoms with Gasteiger partial charge in [0.05, 0.1) is 15.8 Å². The van der Waals surface area contributed by atoms with Crippen molar-refractivity contribution in [2.45, 2.75) is 57.0 Å². The van der Waals surface area contributed by atoms with E-state index in [2.05, 4.69) is 5.32 Å². The molecule has 7 heteroatoms. The molecule has 1 saturated carbocycles. The van der Waals surface area contributed by atoms with Gasteiger partial charge in [-0.05, 0) is 43.0 Å². The number of nitrogens with zero attached hydrogens (tertiary/aromatic N) is 1. The number of carbonyl (C=O) groups is 2. The van der Waals surface area contributed by atoms with E-state index < -0.39 is 6.04 Å². The van der Waals surface area contributed by atoms with Gasteiger partial charge in [-0.1, -0.05) is 72.4 Å². The van der Waals surface area contributed by atoms with E-state index in [1.165, 1.54) is 5.56 Å². The van der Waals surface area contributed by atoms with E-state index in [1.54, 1.807) is 35.7 Å². The van der Waals surface area contributed by atoms with Crippen molar-refractivity contribution >= 4 is 46.8 Å². The van der Waals surface area contributed by atoms with Gasteiger partial charge >= 0.3 is 0 Å². The van der Waals surface area contributed by atoms with E-state index in [0.717, 1.165) is 37.0 Å². The van der Waals surface area contributed by atoms with E-state index >= 15 is 0 Å². The summed E-state index contributed by atoms with van der Waals surface area (Å²) in [5.41, 5.74) is 2.01. The van der Waals surface area contributed by atoms with Crippen LogP contribution >= 0.6 is 35.0 Å². The second-order valence-corrected chi connectivity index (χ2v) is 9.71. The molecule has 1 fully saturated rings. The Hall–Kier alpha value is -1.69. The molecule has 4 nitrogen and oxygen atoms in total. The van der Waals surface area contributed by atoms with Crippen LogP contribution in [0.5, 0.6) is 0 Å². The van der Waals surface area contributed by atoms with Gasteiger partial charge in [-0.2, -0.15) is 0 Å². The zero-order chi connectivity index (χ0) is 22.2. The number of hydrogen-bond acceptors (Lipinski definition) is 3. The average molecular weight is 479 g/mol. The molecular formula is C24H28Cl2N2O2S. The number of hydrogen-bond donors (Lipinski definition) is 1. The first-order valence-electron chi connectivity index (χ1n) is 10.6. The van der Waals surface area contributed by atoms with Crippen LogP contribution in [0.2, 0.25) is 10.0 Å². The highest BCUT2D eigenvalue weighted by atomic mass is 35.5. The van der Waals surface area contributed by atoms with Crippen LogP contribution in [-0.4, -0.2) is 34.6 Å². The van der Waals surface area contributed by atoms with Crippen molar-refractivity contribution in [2.24, 2.45) is 0 Å². The maximum Gasteiger partial charge on any atom is 0.242 e. The minimum Gasteiger partial charge on any atom is -0.352 e. The summed E-state index contributed by atoms with van der Waals surface area (Å²) in [5, 5.41) is 4.02. The Morgan fingerprint density at radius 1 is 1.06 bits per heavy atom. The number of carbonyl (C=O) groups excluding carboxylic acids is 2. The molecule has 1 atom stereocenters. The highest BCUT2D eigenvalue weighted by Crippen LogP contribution is 2.24. The summed E-state index contributed by atoms with van der Waals surface area (Å²) in [5.74, 6) is 0.877. The van der Waals surface area contributed by atoms with Crippen molar-refractivity contribution in [2.75, 3.05) is 5.75 Å². The van der Waals surface area contributed by atoms with Crippen LogP contribution < -0.4 is 5.32 Å². The van der Waals surface area contributed by atoms with Crippen molar-refractivity contribution < 1.29 is 9.59 Å². The molecular weight excluding hydrogens is 451 g/mol. The normalized spacial score (nSPS) is 14.9. The SMILES string of the molecule is C[C@@H](C(=O)NC1CCCC1)N(Cc1ccc(Cl)c(Cl)c1)C(=O)CSCc1ccccc1. The third-order valence-corrected chi connectivity index (χ3v) is 7.27. The first-order valence-corrected chi connectivity index (χ1v) is 12.5. The molecule has 31 heavy (non-hydrogen) atoms. The molecule has 1 aliphatic rings. The Morgan fingerprint density at radius 3 is 2.45 bits per heavy atom. The Kier molecular flexibility index (Phi) is 9.12. The molecule has 0 unspecified atom stereocenters. The van der Waals surface area contributed by atoms with Gasteiger partial charge in [-0.15, -0.1) is 11.8 Å². The lowest BCUT2D eigenvalue weighted by Gasteiger charge is -2.30. The van der Waals surface area contributed by atoms with Crippen molar-refractivity contribution in [3.63, 3.8) is 0 Å². The van der Waals surface area contributed by atoms with Gasteiger partial charge in [0.15, 0.2) is 0 Å². The summed E-state index contributed by atoms with van der Waals surface area (Å²) >= 11 is 13.8. The molecule has 2 amide bonds. The van der Waals surface area contributed by atoms with Crippen LogP contribution in [0.4, 0.5) is 0 Å². The molecule has 2 aromatic rings. The molecule has 3 rings (SSSR count). The van der Waals surface area contributed by atoms with Crippen molar-refractivity contribution in [1.29, 1.82) is 0 Å². The number of rotatable bonds is 9. The highest BCUT2D eigenvalue weighted by Gasteiger charge is 2.28. The Labute approximate surface area is 198 Å². The van der Waals surface area contributed by atoms with Crippen LogP contribution in [0.25, 0.3) is 0 Å². The fourth-order valence-corrected chi connectivity index (χ4v) is 4.91. The Balaban J connectivity index is 1.67. The van der Waals surface area contributed by atoms with Crippen LogP contribution in [-0.2, 0) is 21.9 Å². The number of thioether (sulfide) groups is 1. The lowest BCUT2D eigenvalue weighted by molar-refractivity contribution is -0.138. The topological polar surface area (TPSA) is 49.4 Å². The van der Waals surface area contributed by atoms with Crippen LogP contribution in [0.1, 0.15) is 43.7 Å². The summed E-state index contributed by atoms with van der Waals surface area (Å²) in [6.07, 6.45) is 4.29. The summed E-state index contributed by atoms with van der Waals surface area (Å²) < 4.78 is 0. The summed E-state index contributed by atoms with van der Waals surface area (Å²) in [6, 6.07) is 15.0. The molecule has 1 aliphatic carbocycles. The van der Waals surface area contributed by atoms with E-state index in [4.69, 9.17) is 23.2 Å². The fraction of sp³-hybridized carbons (Fsp3) is 0.417. The first-order chi connectivity index (χ1) is 14.9. The number of benzene rings is 2.